The Balaban J connectivity index is 1.43. The van der Waals surface area contributed by atoms with Crippen LogP contribution in [0.5, 0.6) is 5.75 Å². The van der Waals surface area contributed by atoms with Gasteiger partial charge in [0.15, 0.2) is 11.5 Å². The lowest BCUT2D eigenvalue weighted by Gasteiger charge is -2.36. The van der Waals surface area contributed by atoms with Gasteiger partial charge in [-0.2, -0.15) is 4.98 Å². The average Bonchev–Trinajstić information content (AvgIpc) is 3.29. The first kappa shape index (κ1) is 26.1. The lowest BCUT2D eigenvalue weighted by Crippen LogP contribution is -2.47. The predicted molar refractivity (Wildman–Crippen MR) is 151 cm³/mol. The van der Waals surface area contributed by atoms with Gasteiger partial charge < -0.3 is 29.9 Å². The molecule has 5 rings (SSSR count). The maximum Gasteiger partial charge on any atom is 0.280 e. The Labute approximate surface area is 226 Å². The van der Waals surface area contributed by atoms with E-state index in [1.54, 1.807) is 18.2 Å². The molecule has 2 N–H and O–H groups in total. The summed E-state index contributed by atoms with van der Waals surface area (Å²) in [5.41, 5.74) is 2.96. The van der Waals surface area contributed by atoms with Crippen molar-refractivity contribution >= 4 is 51.1 Å². The smallest absolute Gasteiger partial charge is 0.280 e. The summed E-state index contributed by atoms with van der Waals surface area (Å²) >= 11 is 1.50. The second-order valence-corrected chi connectivity index (χ2v) is 10.3. The van der Waals surface area contributed by atoms with Crippen LogP contribution in [0.4, 0.5) is 33.8 Å². The number of aromatic nitrogens is 3. The highest BCUT2D eigenvalue weighted by molar-refractivity contribution is 7.16. The first-order valence-corrected chi connectivity index (χ1v) is 13.8. The number of piperazine rings is 1. The Bertz CT molecular complexity index is 1310. The second-order valence-electron chi connectivity index (χ2n) is 9.14. The van der Waals surface area contributed by atoms with Crippen molar-refractivity contribution in [1.29, 1.82) is 0 Å². The normalized spacial score (nSPS) is 15.8. The van der Waals surface area contributed by atoms with Crippen LogP contribution in [-0.2, 0) is 0 Å². The summed E-state index contributed by atoms with van der Waals surface area (Å²) in [5.74, 6) is 1.64. The number of anilines is 6. The van der Waals surface area contributed by atoms with E-state index in [1.807, 2.05) is 37.8 Å². The maximum absolute atomic E-state index is 13.3. The highest BCUT2D eigenvalue weighted by Crippen LogP contribution is 2.42. The van der Waals surface area contributed by atoms with Gasteiger partial charge in [-0.15, -0.1) is 11.3 Å². The number of β-amino-alcohol motifs (C(OH)–C–C–N with tert-alkyl or cyclic N) is 1. The fraction of sp³-hybridized carbons (Fsp3) is 0.462. The van der Waals surface area contributed by atoms with Crippen molar-refractivity contribution in [3.8, 4) is 5.75 Å². The van der Waals surface area contributed by atoms with Gasteiger partial charge in [-0.3, -0.25) is 9.69 Å². The molecule has 0 radical (unpaired) electrons. The number of hydrogen-bond acceptors (Lipinski definition) is 11. The van der Waals surface area contributed by atoms with Crippen molar-refractivity contribution in [2.45, 2.75) is 20.8 Å². The highest BCUT2D eigenvalue weighted by Gasteiger charge is 2.34. The minimum Gasteiger partial charge on any atom is -0.494 e. The number of methoxy groups -OCH3 is 1. The fourth-order valence-electron chi connectivity index (χ4n) is 4.97. The van der Waals surface area contributed by atoms with Gasteiger partial charge in [-0.1, -0.05) is 0 Å². The van der Waals surface area contributed by atoms with Crippen LogP contribution in [0.3, 0.4) is 0 Å². The average molecular weight is 539 g/mol. The zero-order valence-corrected chi connectivity index (χ0v) is 23.1. The number of aliphatic hydroxyl groups excluding tert-OH is 1. The third-order valence-electron chi connectivity index (χ3n) is 6.92. The van der Waals surface area contributed by atoms with Gasteiger partial charge in [0.05, 0.1) is 30.6 Å². The van der Waals surface area contributed by atoms with E-state index in [2.05, 4.69) is 31.2 Å². The van der Waals surface area contributed by atoms with E-state index in [0.717, 1.165) is 47.6 Å². The molecule has 4 heterocycles. The van der Waals surface area contributed by atoms with Gasteiger partial charge in [0.2, 0.25) is 5.95 Å². The molecule has 2 aliphatic rings. The van der Waals surface area contributed by atoms with Crippen LogP contribution in [0.1, 0.15) is 29.3 Å². The number of nitrogens with zero attached hydrogens (tertiary/aromatic N) is 7. The fourth-order valence-corrected chi connectivity index (χ4v) is 5.94. The molecule has 0 bridgehead atoms. The Hall–Kier alpha value is -3.48. The Kier molecular flexibility index (Phi) is 7.63. The van der Waals surface area contributed by atoms with Crippen molar-refractivity contribution < 1.29 is 14.6 Å². The van der Waals surface area contributed by atoms with Gasteiger partial charge in [-0.25, -0.2) is 9.97 Å². The number of carbonyl (C=O) groups excluding carboxylic acids is 1. The molecule has 1 aromatic carbocycles. The summed E-state index contributed by atoms with van der Waals surface area (Å²) in [6.07, 6.45) is 1.70. The number of benzene rings is 1. The van der Waals surface area contributed by atoms with Gasteiger partial charge in [0, 0.05) is 57.6 Å². The summed E-state index contributed by atoms with van der Waals surface area (Å²) < 4.78 is 5.72. The van der Waals surface area contributed by atoms with E-state index in [0.29, 0.717) is 48.5 Å². The third-order valence-corrected chi connectivity index (χ3v) is 7.92. The molecule has 0 atom stereocenters. The number of rotatable bonds is 8. The van der Waals surface area contributed by atoms with Gasteiger partial charge >= 0.3 is 0 Å². The SMILES string of the molecule is CCN1C(=O)c2nc(C)sc2N(CC)c2nc(Nc3ccc(N4CCN(CCO)CC4)cc3OC)ncc21. The minimum atomic E-state index is -0.136. The molecule has 11 nitrogen and oxygen atoms in total. The molecular formula is C26H34N8O3S. The van der Waals surface area contributed by atoms with E-state index in [-0.39, 0.29) is 12.5 Å². The first-order valence-electron chi connectivity index (χ1n) is 12.9. The molecule has 0 saturated carbocycles. The molecule has 1 amide bonds. The molecule has 2 aromatic heterocycles. The lowest BCUT2D eigenvalue weighted by atomic mass is 10.2. The number of fused-ring (bicyclic) bond motifs is 2. The van der Waals surface area contributed by atoms with Crippen LogP contribution >= 0.6 is 11.3 Å². The number of carbonyl (C=O) groups is 1. The van der Waals surface area contributed by atoms with Crippen LogP contribution in [-0.4, -0.2) is 90.4 Å². The number of ether oxygens (including phenoxy) is 1. The summed E-state index contributed by atoms with van der Waals surface area (Å²) in [7, 11) is 1.65. The third kappa shape index (κ3) is 4.86. The predicted octanol–water partition coefficient (Wildman–Crippen LogP) is 3.25. The van der Waals surface area contributed by atoms with Crippen LogP contribution in [0.2, 0.25) is 0 Å². The Morgan fingerprint density at radius 3 is 2.55 bits per heavy atom. The number of amides is 1. The largest absolute Gasteiger partial charge is 0.494 e. The standard InChI is InChI=1S/C26H34N8O3S/c1-5-33-20-16-27-26(30-23(20)34(6-2)25-22(24(33)36)28-17(3)38-25)29-19-8-7-18(15-21(19)37-4)32-11-9-31(10-12-32)13-14-35/h7-8,15-16,35H,5-6,9-14H2,1-4H3,(H,27,29,30). The molecule has 38 heavy (non-hydrogen) atoms. The molecule has 0 unspecified atom stereocenters. The number of thiazole rings is 1. The van der Waals surface area contributed by atoms with Crippen LogP contribution in [0, 0.1) is 6.92 Å². The van der Waals surface area contributed by atoms with Crippen molar-refractivity contribution in [3.05, 3.63) is 35.1 Å². The molecule has 3 aromatic rings. The van der Waals surface area contributed by atoms with Crippen molar-refractivity contribution in [1.82, 2.24) is 19.9 Å². The van der Waals surface area contributed by atoms with E-state index in [9.17, 15) is 9.90 Å². The van der Waals surface area contributed by atoms with E-state index in [1.165, 1.54) is 11.3 Å². The molecule has 202 valence electrons. The van der Waals surface area contributed by atoms with Crippen molar-refractivity contribution in [2.24, 2.45) is 0 Å². The second kappa shape index (κ2) is 11.1. The van der Waals surface area contributed by atoms with Gasteiger partial charge in [0.25, 0.3) is 5.91 Å². The van der Waals surface area contributed by atoms with Crippen LogP contribution in [0.25, 0.3) is 0 Å². The van der Waals surface area contributed by atoms with Crippen LogP contribution in [0.15, 0.2) is 24.4 Å². The van der Waals surface area contributed by atoms with Gasteiger partial charge in [-0.05, 0) is 32.9 Å². The summed E-state index contributed by atoms with van der Waals surface area (Å²) in [6, 6.07) is 6.07. The molecular weight excluding hydrogens is 504 g/mol. The molecule has 0 aliphatic carbocycles. The molecule has 1 fully saturated rings. The summed E-state index contributed by atoms with van der Waals surface area (Å²) in [4.78, 5) is 35.6. The van der Waals surface area contributed by atoms with Crippen molar-refractivity contribution in [3.63, 3.8) is 0 Å². The Morgan fingerprint density at radius 2 is 1.87 bits per heavy atom. The molecule has 12 heteroatoms. The molecule has 2 aliphatic heterocycles. The number of hydrogen-bond donors (Lipinski definition) is 2. The zero-order chi connectivity index (χ0) is 26.8. The van der Waals surface area contributed by atoms with Crippen LogP contribution < -0.4 is 24.8 Å². The monoisotopic (exact) mass is 538 g/mol. The maximum atomic E-state index is 13.3. The summed E-state index contributed by atoms with van der Waals surface area (Å²) in [5, 5.41) is 14.2. The number of nitrogens with one attached hydrogen (secondary N) is 1. The number of aliphatic hydroxyl groups is 1. The number of aryl methyl sites for hydroxylation is 1. The minimum absolute atomic E-state index is 0.136. The summed E-state index contributed by atoms with van der Waals surface area (Å²) in [6.45, 7) is 11.5. The van der Waals surface area contributed by atoms with Crippen molar-refractivity contribution in [2.75, 3.05) is 79.5 Å². The zero-order valence-electron chi connectivity index (χ0n) is 22.3. The van der Waals surface area contributed by atoms with Gasteiger partial charge in [0.1, 0.15) is 16.4 Å². The highest BCUT2D eigenvalue weighted by atomic mass is 32.1. The van der Waals surface area contributed by atoms with E-state index in [4.69, 9.17) is 9.72 Å². The topological polar surface area (TPSA) is 110 Å². The lowest BCUT2D eigenvalue weighted by molar-refractivity contribution is 0.0985. The van der Waals surface area contributed by atoms with E-state index < -0.39 is 0 Å². The van der Waals surface area contributed by atoms with E-state index >= 15 is 0 Å². The quantitative estimate of drug-likeness (QED) is 0.443. The first-order chi connectivity index (χ1) is 18.5. The Morgan fingerprint density at radius 1 is 1.11 bits per heavy atom. The molecule has 0 spiro atoms. The molecule has 1 saturated heterocycles.